The molecule has 4 heteroatoms. The molecular weight excluding hydrogens is 242 g/mol. The van der Waals surface area contributed by atoms with Gasteiger partial charge in [-0.3, -0.25) is 4.79 Å². The molecule has 0 unspecified atom stereocenters. The first kappa shape index (κ1) is 15.3. The molecule has 1 amide bonds. The molecule has 0 spiro atoms. The summed E-state index contributed by atoms with van der Waals surface area (Å²) in [5.74, 6) is 1.38. The minimum Gasteiger partial charge on any atom is -0.497 e. The Labute approximate surface area is 115 Å². The predicted octanol–water partition coefficient (Wildman–Crippen LogP) is 2.77. The third kappa shape index (κ3) is 4.81. The molecule has 1 rings (SSSR count). The van der Waals surface area contributed by atoms with E-state index in [-0.39, 0.29) is 11.9 Å². The van der Waals surface area contributed by atoms with E-state index in [1.807, 2.05) is 32.9 Å². The molecule has 2 atom stereocenters. The number of ether oxygens (including phenoxy) is 2. The zero-order chi connectivity index (χ0) is 14.3. The van der Waals surface area contributed by atoms with Gasteiger partial charge in [0.1, 0.15) is 11.5 Å². The van der Waals surface area contributed by atoms with E-state index >= 15 is 0 Å². The van der Waals surface area contributed by atoms with Crippen molar-refractivity contribution in [2.24, 2.45) is 0 Å². The molecule has 1 aromatic rings. The second-order valence-corrected chi connectivity index (χ2v) is 4.51. The number of methoxy groups -OCH3 is 1. The van der Waals surface area contributed by atoms with Crippen LogP contribution in [0.3, 0.4) is 0 Å². The molecule has 106 valence electrons. The van der Waals surface area contributed by atoms with Gasteiger partial charge in [-0.2, -0.15) is 0 Å². The third-order valence-electron chi connectivity index (χ3n) is 3.00. The Hall–Kier alpha value is -1.71. The summed E-state index contributed by atoms with van der Waals surface area (Å²) in [6.45, 7) is 5.96. The first-order valence-electron chi connectivity index (χ1n) is 6.71. The maximum Gasteiger partial charge on any atom is 0.261 e. The van der Waals surface area contributed by atoms with Crippen LogP contribution in [0.5, 0.6) is 11.5 Å². The minimum absolute atomic E-state index is 0.0623. The molecule has 0 fully saturated rings. The molecule has 0 heterocycles. The van der Waals surface area contributed by atoms with Crippen molar-refractivity contribution < 1.29 is 14.3 Å². The van der Waals surface area contributed by atoms with Crippen LogP contribution in [0, 0.1) is 0 Å². The molecule has 1 aromatic carbocycles. The average molecular weight is 265 g/mol. The predicted molar refractivity (Wildman–Crippen MR) is 75.6 cm³/mol. The van der Waals surface area contributed by atoms with Crippen LogP contribution in [0.15, 0.2) is 24.3 Å². The van der Waals surface area contributed by atoms with Gasteiger partial charge in [0.05, 0.1) is 7.11 Å². The topological polar surface area (TPSA) is 47.6 Å². The fourth-order valence-electron chi connectivity index (χ4n) is 1.58. The van der Waals surface area contributed by atoms with Gasteiger partial charge in [-0.1, -0.05) is 13.8 Å². The van der Waals surface area contributed by atoms with Crippen molar-refractivity contribution in [2.75, 3.05) is 7.11 Å². The second-order valence-electron chi connectivity index (χ2n) is 4.51. The first-order chi connectivity index (χ1) is 9.10. The summed E-state index contributed by atoms with van der Waals surface area (Å²) in [5, 5.41) is 2.93. The van der Waals surface area contributed by atoms with Crippen molar-refractivity contribution in [3.8, 4) is 11.5 Å². The maximum atomic E-state index is 12.0. The highest BCUT2D eigenvalue weighted by Gasteiger charge is 2.19. The molecule has 0 aliphatic carbocycles. The van der Waals surface area contributed by atoms with Crippen molar-refractivity contribution in [1.82, 2.24) is 5.32 Å². The van der Waals surface area contributed by atoms with Gasteiger partial charge in [0.15, 0.2) is 6.10 Å². The zero-order valence-electron chi connectivity index (χ0n) is 12.1. The number of rotatable bonds is 7. The Morgan fingerprint density at radius 2 is 1.74 bits per heavy atom. The Bertz CT molecular complexity index is 389. The van der Waals surface area contributed by atoms with E-state index in [9.17, 15) is 4.79 Å². The SMILES string of the molecule is CC[C@@H](C)NC(=O)[C@@H](CC)Oc1ccc(OC)cc1. The van der Waals surface area contributed by atoms with Crippen LogP contribution in [0.1, 0.15) is 33.6 Å². The van der Waals surface area contributed by atoms with Crippen LogP contribution in [-0.2, 0) is 4.79 Å². The lowest BCUT2D eigenvalue weighted by molar-refractivity contribution is -0.128. The molecule has 0 aromatic heterocycles. The number of hydrogen-bond donors (Lipinski definition) is 1. The van der Waals surface area contributed by atoms with Gasteiger partial charge in [-0.15, -0.1) is 0 Å². The minimum atomic E-state index is -0.456. The number of hydrogen-bond acceptors (Lipinski definition) is 3. The Kier molecular flexibility index (Phi) is 6.19. The number of carbonyl (C=O) groups excluding carboxylic acids is 1. The highest BCUT2D eigenvalue weighted by atomic mass is 16.5. The Balaban J connectivity index is 2.62. The molecule has 0 saturated heterocycles. The lowest BCUT2D eigenvalue weighted by Gasteiger charge is -2.19. The molecule has 0 aliphatic heterocycles. The van der Waals surface area contributed by atoms with E-state index in [0.29, 0.717) is 12.2 Å². The molecule has 0 saturated carbocycles. The van der Waals surface area contributed by atoms with Crippen LogP contribution in [0.4, 0.5) is 0 Å². The number of amides is 1. The van der Waals surface area contributed by atoms with E-state index in [2.05, 4.69) is 5.32 Å². The van der Waals surface area contributed by atoms with E-state index < -0.39 is 6.10 Å². The molecule has 1 N–H and O–H groups in total. The summed E-state index contributed by atoms with van der Waals surface area (Å²) in [6.07, 6.45) is 1.08. The molecule has 0 aliphatic rings. The van der Waals surface area contributed by atoms with Crippen molar-refractivity contribution in [1.29, 1.82) is 0 Å². The second kappa shape index (κ2) is 7.67. The molecule has 19 heavy (non-hydrogen) atoms. The fraction of sp³-hybridized carbons (Fsp3) is 0.533. The number of benzene rings is 1. The van der Waals surface area contributed by atoms with Crippen molar-refractivity contribution in [3.63, 3.8) is 0 Å². The maximum absolute atomic E-state index is 12.0. The first-order valence-corrected chi connectivity index (χ1v) is 6.71. The molecule has 0 bridgehead atoms. The van der Waals surface area contributed by atoms with Gasteiger partial charge < -0.3 is 14.8 Å². The van der Waals surface area contributed by atoms with E-state index in [1.54, 1.807) is 19.2 Å². The molecule has 4 nitrogen and oxygen atoms in total. The van der Waals surface area contributed by atoms with Crippen LogP contribution in [0.2, 0.25) is 0 Å². The summed E-state index contributed by atoms with van der Waals surface area (Å²) < 4.78 is 10.8. The smallest absolute Gasteiger partial charge is 0.261 e. The highest BCUT2D eigenvalue weighted by Crippen LogP contribution is 2.19. The Morgan fingerprint density at radius 3 is 2.21 bits per heavy atom. The van der Waals surface area contributed by atoms with Crippen molar-refractivity contribution in [3.05, 3.63) is 24.3 Å². The van der Waals surface area contributed by atoms with Crippen LogP contribution in [0.25, 0.3) is 0 Å². The Morgan fingerprint density at radius 1 is 1.16 bits per heavy atom. The fourth-order valence-corrected chi connectivity index (χ4v) is 1.58. The zero-order valence-corrected chi connectivity index (χ0v) is 12.1. The van der Waals surface area contributed by atoms with Gasteiger partial charge >= 0.3 is 0 Å². The van der Waals surface area contributed by atoms with Crippen LogP contribution in [-0.4, -0.2) is 25.2 Å². The summed E-state index contributed by atoms with van der Waals surface area (Å²) in [6, 6.07) is 7.40. The van der Waals surface area contributed by atoms with Crippen molar-refractivity contribution in [2.45, 2.75) is 45.8 Å². The van der Waals surface area contributed by atoms with Crippen LogP contribution >= 0.6 is 0 Å². The number of nitrogens with one attached hydrogen (secondary N) is 1. The largest absolute Gasteiger partial charge is 0.497 e. The number of carbonyl (C=O) groups is 1. The van der Waals surface area contributed by atoms with E-state index in [4.69, 9.17) is 9.47 Å². The average Bonchev–Trinajstić information content (AvgIpc) is 2.44. The van der Waals surface area contributed by atoms with Crippen molar-refractivity contribution >= 4 is 5.91 Å². The monoisotopic (exact) mass is 265 g/mol. The lowest BCUT2D eigenvalue weighted by Crippen LogP contribution is -2.42. The summed E-state index contributed by atoms with van der Waals surface area (Å²) in [7, 11) is 1.62. The lowest BCUT2D eigenvalue weighted by atomic mass is 10.2. The molecule has 0 radical (unpaired) electrons. The highest BCUT2D eigenvalue weighted by molar-refractivity contribution is 5.81. The quantitative estimate of drug-likeness (QED) is 0.824. The van der Waals surface area contributed by atoms with Crippen LogP contribution < -0.4 is 14.8 Å². The van der Waals surface area contributed by atoms with Gasteiger partial charge in [-0.25, -0.2) is 0 Å². The van der Waals surface area contributed by atoms with Gasteiger partial charge in [0, 0.05) is 6.04 Å². The summed E-state index contributed by atoms with van der Waals surface area (Å²) in [4.78, 5) is 12.0. The standard InChI is InChI=1S/C15H23NO3/c1-5-11(3)16-15(17)14(6-2)19-13-9-7-12(18-4)8-10-13/h7-11,14H,5-6H2,1-4H3,(H,16,17)/t11-,14-/m1/s1. The van der Waals surface area contributed by atoms with E-state index in [0.717, 1.165) is 12.2 Å². The summed E-state index contributed by atoms with van der Waals surface area (Å²) >= 11 is 0. The normalized spacial score (nSPS) is 13.5. The van der Waals surface area contributed by atoms with Gasteiger partial charge in [0.25, 0.3) is 5.91 Å². The van der Waals surface area contributed by atoms with Gasteiger partial charge in [-0.05, 0) is 44.0 Å². The van der Waals surface area contributed by atoms with E-state index in [1.165, 1.54) is 0 Å². The van der Waals surface area contributed by atoms with Gasteiger partial charge in [0.2, 0.25) is 0 Å². The third-order valence-corrected chi connectivity index (χ3v) is 3.00. The molecular formula is C15H23NO3. The summed E-state index contributed by atoms with van der Waals surface area (Å²) in [5.41, 5.74) is 0.